The number of rotatable bonds is 9. The Morgan fingerprint density at radius 2 is 1.79 bits per heavy atom. The van der Waals surface area contributed by atoms with Crippen molar-refractivity contribution in [2.24, 2.45) is 16.8 Å². The van der Waals surface area contributed by atoms with Crippen molar-refractivity contribution >= 4 is 29.2 Å². The summed E-state index contributed by atoms with van der Waals surface area (Å²) in [6, 6.07) is 7.14. The van der Waals surface area contributed by atoms with Crippen molar-refractivity contribution in [1.29, 1.82) is 0 Å². The number of benzene rings is 1. The molecule has 1 N–H and O–H groups in total. The lowest BCUT2D eigenvalue weighted by molar-refractivity contribution is -0.148. The van der Waals surface area contributed by atoms with Crippen LogP contribution >= 0.6 is 0 Å². The van der Waals surface area contributed by atoms with Gasteiger partial charge in [0, 0.05) is 36.0 Å². The minimum absolute atomic E-state index is 0.0881. The maximum Gasteiger partial charge on any atom is 0.336 e. The highest BCUT2D eigenvalue weighted by atomic mass is 16.6. The van der Waals surface area contributed by atoms with E-state index in [-0.39, 0.29) is 31.1 Å². The summed E-state index contributed by atoms with van der Waals surface area (Å²) in [4.78, 5) is 42.9. The van der Waals surface area contributed by atoms with Gasteiger partial charge < -0.3 is 19.5 Å². The summed E-state index contributed by atoms with van der Waals surface area (Å²) >= 11 is 0. The topological polar surface area (TPSA) is 103 Å². The molecule has 0 spiro atoms. The third kappa shape index (κ3) is 6.74. The number of aliphatic imine (C=N–C) groups is 1. The zero-order chi connectivity index (χ0) is 24.7. The standard InChI is InChI=1S/C25H34N2O6/c1-14(2)23(28)27-19-10-8-9-18(13-19)22-20(24(29)32-12-11-31-7)16(5)26-17(6)21(22)25(30)33-15(3)4/h8-10,13-15,20,22H,11-12H2,1-7H3,(H,27,28). The Morgan fingerprint density at radius 1 is 1.09 bits per heavy atom. The van der Waals surface area contributed by atoms with Gasteiger partial charge >= 0.3 is 11.9 Å². The molecule has 180 valence electrons. The average molecular weight is 459 g/mol. The number of carbonyl (C=O) groups is 3. The number of hydrogen-bond donors (Lipinski definition) is 1. The third-order valence-corrected chi connectivity index (χ3v) is 5.21. The van der Waals surface area contributed by atoms with Crippen LogP contribution in [-0.2, 0) is 28.6 Å². The van der Waals surface area contributed by atoms with Crippen LogP contribution in [0.4, 0.5) is 5.69 Å². The first kappa shape index (κ1) is 26.3. The lowest BCUT2D eigenvalue weighted by Crippen LogP contribution is -2.37. The molecular weight excluding hydrogens is 424 g/mol. The maximum absolute atomic E-state index is 13.1. The van der Waals surface area contributed by atoms with Gasteiger partial charge in [-0.05, 0) is 45.4 Å². The number of methoxy groups -OCH3 is 1. The summed E-state index contributed by atoms with van der Waals surface area (Å²) in [7, 11) is 1.52. The van der Waals surface area contributed by atoms with Crippen molar-refractivity contribution < 1.29 is 28.6 Å². The van der Waals surface area contributed by atoms with E-state index < -0.39 is 23.8 Å². The lowest BCUT2D eigenvalue weighted by Gasteiger charge is -2.32. The zero-order valence-corrected chi connectivity index (χ0v) is 20.4. The molecule has 2 atom stereocenters. The van der Waals surface area contributed by atoms with E-state index >= 15 is 0 Å². The maximum atomic E-state index is 13.1. The van der Waals surface area contributed by atoms with Gasteiger partial charge in [-0.25, -0.2) is 4.79 Å². The van der Waals surface area contributed by atoms with Gasteiger partial charge in [0.15, 0.2) is 0 Å². The first-order valence-corrected chi connectivity index (χ1v) is 11.1. The molecule has 8 nitrogen and oxygen atoms in total. The fourth-order valence-corrected chi connectivity index (χ4v) is 3.66. The molecule has 0 bridgehead atoms. The van der Waals surface area contributed by atoms with Crippen LogP contribution in [0.2, 0.25) is 0 Å². The van der Waals surface area contributed by atoms with E-state index in [9.17, 15) is 14.4 Å². The predicted octanol–water partition coefficient (Wildman–Crippen LogP) is 3.87. The van der Waals surface area contributed by atoms with E-state index in [1.807, 2.05) is 6.07 Å². The van der Waals surface area contributed by atoms with E-state index in [4.69, 9.17) is 14.2 Å². The van der Waals surface area contributed by atoms with Crippen molar-refractivity contribution in [3.8, 4) is 0 Å². The number of ether oxygens (including phenoxy) is 3. The van der Waals surface area contributed by atoms with Gasteiger partial charge in [0.25, 0.3) is 0 Å². The molecule has 0 aromatic heterocycles. The highest BCUT2D eigenvalue weighted by Gasteiger charge is 2.42. The van der Waals surface area contributed by atoms with Gasteiger partial charge in [0.05, 0.1) is 18.3 Å². The van der Waals surface area contributed by atoms with E-state index in [0.717, 1.165) is 0 Å². The van der Waals surface area contributed by atoms with Crippen molar-refractivity contribution in [1.82, 2.24) is 0 Å². The second-order valence-corrected chi connectivity index (χ2v) is 8.59. The molecule has 0 aliphatic carbocycles. The smallest absolute Gasteiger partial charge is 0.336 e. The fourth-order valence-electron chi connectivity index (χ4n) is 3.66. The minimum Gasteiger partial charge on any atom is -0.463 e. The summed E-state index contributed by atoms with van der Waals surface area (Å²) in [5, 5.41) is 2.87. The largest absolute Gasteiger partial charge is 0.463 e. The molecule has 1 aliphatic heterocycles. The van der Waals surface area contributed by atoms with Gasteiger partial charge in [-0.1, -0.05) is 26.0 Å². The minimum atomic E-state index is -0.823. The van der Waals surface area contributed by atoms with E-state index in [0.29, 0.717) is 28.2 Å². The van der Waals surface area contributed by atoms with Crippen LogP contribution in [0.1, 0.15) is 53.0 Å². The van der Waals surface area contributed by atoms with Gasteiger partial charge in [0.2, 0.25) is 5.91 Å². The quantitative estimate of drug-likeness (QED) is 0.445. The van der Waals surface area contributed by atoms with Gasteiger partial charge in [0.1, 0.15) is 12.5 Å². The summed E-state index contributed by atoms with van der Waals surface area (Å²) in [5.74, 6) is -2.86. The average Bonchev–Trinajstić information content (AvgIpc) is 2.72. The normalized spacial score (nSPS) is 18.3. The molecule has 0 fully saturated rings. The molecular formula is C25H34N2O6. The van der Waals surface area contributed by atoms with Gasteiger partial charge in [-0.3, -0.25) is 14.6 Å². The molecule has 8 heteroatoms. The van der Waals surface area contributed by atoms with Crippen molar-refractivity contribution in [2.45, 2.75) is 53.6 Å². The first-order chi connectivity index (χ1) is 15.6. The second kappa shape index (κ2) is 11.7. The number of hydrogen-bond acceptors (Lipinski definition) is 7. The number of esters is 2. The van der Waals surface area contributed by atoms with Crippen molar-refractivity contribution in [2.75, 3.05) is 25.6 Å². The Morgan fingerprint density at radius 3 is 2.39 bits per heavy atom. The van der Waals surface area contributed by atoms with Crippen molar-refractivity contribution in [3.05, 3.63) is 41.1 Å². The number of allylic oxidation sites excluding steroid dienone is 1. The SMILES string of the molecule is COCCOC(=O)C1C(C)=NC(C)=C(C(=O)OC(C)C)C1c1cccc(NC(=O)C(C)C)c1. The van der Waals surface area contributed by atoms with Crippen LogP contribution in [0.5, 0.6) is 0 Å². The summed E-state index contributed by atoms with van der Waals surface area (Å²) in [6.45, 7) is 10.9. The second-order valence-electron chi connectivity index (χ2n) is 8.59. The lowest BCUT2D eigenvalue weighted by atomic mass is 9.75. The molecule has 1 amide bonds. The van der Waals surface area contributed by atoms with Crippen LogP contribution in [0.25, 0.3) is 0 Å². The molecule has 0 saturated carbocycles. The highest BCUT2D eigenvalue weighted by molar-refractivity contribution is 6.07. The van der Waals surface area contributed by atoms with Gasteiger partial charge in [-0.15, -0.1) is 0 Å². The predicted molar refractivity (Wildman–Crippen MR) is 126 cm³/mol. The number of amides is 1. The van der Waals surface area contributed by atoms with E-state index in [2.05, 4.69) is 10.3 Å². The molecule has 1 aromatic carbocycles. The Labute approximate surface area is 195 Å². The Kier molecular flexibility index (Phi) is 9.34. The third-order valence-electron chi connectivity index (χ3n) is 5.21. The van der Waals surface area contributed by atoms with Crippen LogP contribution in [0, 0.1) is 11.8 Å². The molecule has 1 aromatic rings. The Hall–Kier alpha value is -3.00. The molecule has 33 heavy (non-hydrogen) atoms. The molecule has 0 saturated heterocycles. The van der Waals surface area contributed by atoms with Crippen LogP contribution < -0.4 is 5.32 Å². The van der Waals surface area contributed by atoms with Crippen LogP contribution in [0.15, 0.2) is 40.5 Å². The molecule has 2 rings (SSSR count). The zero-order valence-electron chi connectivity index (χ0n) is 20.4. The summed E-state index contributed by atoms with van der Waals surface area (Å²) < 4.78 is 15.9. The number of anilines is 1. The van der Waals surface area contributed by atoms with E-state index in [1.54, 1.807) is 59.7 Å². The van der Waals surface area contributed by atoms with Gasteiger partial charge in [-0.2, -0.15) is 0 Å². The monoisotopic (exact) mass is 458 g/mol. The molecule has 1 aliphatic rings. The first-order valence-electron chi connectivity index (χ1n) is 11.1. The van der Waals surface area contributed by atoms with E-state index in [1.165, 1.54) is 7.11 Å². The molecule has 0 radical (unpaired) electrons. The summed E-state index contributed by atoms with van der Waals surface area (Å²) in [6.07, 6.45) is -0.339. The Balaban J connectivity index is 2.56. The highest BCUT2D eigenvalue weighted by Crippen LogP contribution is 2.41. The summed E-state index contributed by atoms with van der Waals surface area (Å²) in [5.41, 5.74) is 2.58. The number of nitrogens with one attached hydrogen (secondary N) is 1. The number of nitrogens with zero attached hydrogens (tertiary/aromatic N) is 1. The van der Waals surface area contributed by atoms with Crippen LogP contribution in [0.3, 0.4) is 0 Å². The fraction of sp³-hybridized carbons (Fsp3) is 0.520. The van der Waals surface area contributed by atoms with Crippen LogP contribution in [-0.4, -0.2) is 50.0 Å². The van der Waals surface area contributed by atoms with Crippen molar-refractivity contribution in [3.63, 3.8) is 0 Å². The Bertz CT molecular complexity index is 948. The number of carbonyl (C=O) groups excluding carboxylic acids is 3. The molecule has 2 unspecified atom stereocenters. The molecule has 1 heterocycles.